The number of aliphatic hydroxyl groups excluding tert-OH is 1. The fourth-order valence-corrected chi connectivity index (χ4v) is 23.8. The van der Waals surface area contributed by atoms with Crippen LogP contribution in [-0.2, 0) is 85.5 Å². The predicted octanol–water partition coefficient (Wildman–Crippen LogP) is 13.4. The van der Waals surface area contributed by atoms with E-state index in [9.17, 15) is 44.1 Å². The molecule has 4 unspecified atom stereocenters. The molecule has 4 saturated carbocycles. The molecule has 668 valence electrons. The van der Waals surface area contributed by atoms with Crippen LogP contribution in [0.2, 0.25) is 0 Å². The first-order valence-electron chi connectivity index (χ1n) is 43.1. The number of carbonyl (C=O) groups excluding carboxylic acids is 7. The van der Waals surface area contributed by atoms with Gasteiger partial charge in [0, 0.05) is 73.8 Å². The summed E-state index contributed by atoms with van der Waals surface area (Å²) >= 11 is 0. The van der Waals surface area contributed by atoms with Gasteiger partial charge in [0.2, 0.25) is 0 Å². The van der Waals surface area contributed by atoms with Crippen molar-refractivity contribution in [2.75, 3.05) is 27.4 Å². The molecule has 5 heterocycles. The maximum absolute atomic E-state index is 15.3. The van der Waals surface area contributed by atoms with Gasteiger partial charge in [-0.15, -0.1) is 0 Å². The Balaban J connectivity index is 0.000000220. The first-order valence-corrected chi connectivity index (χ1v) is 43.1. The van der Waals surface area contributed by atoms with E-state index in [1.165, 1.54) is 33.0 Å². The minimum Gasteiger partial charge on any atom is -0.497 e. The highest BCUT2D eigenvalue weighted by Gasteiger charge is 2.83. The summed E-state index contributed by atoms with van der Waals surface area (Å²) in [6, 6.07) is 21.4. The van der Waals surface area contributed by atoms with Crippen molar-refractivity contribution < 1.29 is 125 Å². The topological polar surface area (TPSA) is 331 Å². The Labute approximate surface area is 716 Å². The molecule has 27 atom stereocenters. The van der Waals surface area contributed by atoms with Crippen LogP contribution in [0.3, 0.4) is 0 Å². The third kappa shape index (κ3) is 15.3. The molecule has 5 saturated heterocycles. The van der Waals surface area contributed by atoms with Crippen LogP contribution in [0.1, 0.15) is 210 Å². The number of carbonyl (C=O) groups is 7. The molecule has 0 radical (unpaired) electrons. The summed E-state index contributed by atoms with van der Waals surface area (Å²) in [6.45, 7) is 44.3. The SMILES string of the molecule is C=CC1O[C@H]2C[C@H]3OC[C@@]3(OC(C)=O)[C@H]3[C@H](OC(=O)c4ccccc4)[C@]4(C(C)(C)O)C[C@H](OC(=O)[C@@H]5OC(c6ccc(OC)cc6OC)N(C(=O)OC(C)(C)C)C5CC(C)C)C(C)=C4[C@H](C)[C@H](O1)[C@]23C.C=CC1O[C@H]2C[C@H]3OC[C@@]3(OC(C)=O)[C@H]3[C@H](OC(=O)c4ccccc4)[C@]4(C(C)(C)O)C[C@H](OC(=O)[C@H](O)[C@@H](C)CC(C)C)C(C)=C4[C@H](C)[C@H](O1)[C@]23C. The third-order valence-corrected chi connectivity index (χ3v) is 28.7. The van der Waals surface area contributed by atoms with Crippen LogP contribution in [0.15, 0.2) is 126 Å². The number of hydrogen-bond acceptors (Lipinski definition) is 26. The summed E-state index contributed by atoms with van der Waals surface area (Å²) in [5.74, 6) is -5.86. The smallest absolute Gasteiger partial charge is 0.413 e. The van der Waals surface area contributed by atoms with E-state index < -0.39 is 213 Å². The second kappa shape index (κ2) is 33.7. The van der Waals surface area contributed by atoms with Crippen molar-refractivity contribution in [2.45, 2.75) is 303 Å². The number of benzene rings is 3. The van der Waals surface area contributed by atoms with Crippen LogP contribution in [-0.4, -0.2) is 209 Å². The fourth-order valence-electron chi connectivity index (χ4n) is 23.8. The van der Waals surface area contributed by atoms with Crippen LogP contribution < -0.4 is 9.47 Å². The summed E-state index contributed by atoms with van der Waals surface area (Å²) in [5.41, 5.74) is -8.08. The van der Waals surface area contributed by atoms with Gasteiger partial charge in [-0.25, -0.2) is 24.0 Å². The predicted molar refractivity (Wildman–Crippen MR) is 443 cm³/mol. The zero-order valence-corrected chi connectivity index (χ0v) is 74.7. The molecule has 3 aromatic rings. The van der Waals surface area contributed by atoms with Gasteiger partial charge in [-0.3, -0.25) is 14.5 Å². The molecule has 27 nitrogen and oxygen atoms in total. The minimum absolute atomic E-state index is 0.0153. The molecule has 9 fully saturated rings. The van der Waals surface area contributed by atoms with Crippen molar-refractivity contribution >= 4 is 41.9 Å². The number of esters is 6. The van der Waals surface area contributed by atoms with Crippen LogP contribution in [0.4, 0.5) is 4.79 Å². The zero-order chi connectivity index (χ0) is 89.2. The lowest BCUT2D eigenvalue weighted by Crippen LogP contribution is -2.80. The van der Waals surface area contributed by atoms with Gasteiger partial charge >= 0.3 is 41.9 Å². The molecule has 1 amide bonds. The molecule has 11 aliphatic rings. The van der Waals surface area contributed by atoms with E-state index in [0.29, 0.717) is 65.0 Å². The van der Waals surface area contributed by atoms with E-state index in [1.807, 2.05) is 76.2 Å². The highest BCUT2D eigenvalue weighted by molar-refractivity contribution is 5.90. The van der Waals surface area contributed by atoms with E-state index in [1.54, 1.807) is 139 Å². The van der Waals surface area contributed by atoms with Crippen LogP contribution in [0.25, 0.3) is 0 Å². The average molecular weight is 1700 g/mol. The fraction of sp³-hybridized carbons (Fsp3) is 0.653. The second-order valence-electron chi connectivity index (χ2n) is 39.1. The maximum atomic E-state index is 15.3. The van der Waals surface area contributed by atoms with Crippen molar-refractivity contribution in [3.05, 3.63) is 143 Å². The van der Waals surface area contributed by atoms with Crippen molar-refractivity contribution in [3.63, 3.8) is 0 Å². The second-order valence-corrected chi connectivity index (χ2v) is 39.1. The van der Waals surface area contributed by atoms with E-state index in [-0.39, 0.29) is 49.4 Å². The van der Waals surface area contributed by atoms with Crippen molar-refractivity contribution in [1.29, 1.82) is 0 Å². The van der Waals surface area contributed by atoms with Crippen molar-refractivity contribution in [2.24, 2.45) is 63.1 Å². The summed E-state index contributed by atoms with van der Waals surface area (Å²) in [5, 5.41) is 36.9. The quantitative estimate of drug-likeness (QED) is 0.0478. The molecule has 14 rings (SSSR count). The number of hydrogen-bond donors (Lipinski definition) is 3. The van der Waals surface area contributed by atoms with Crippen molar-refractivity contribution in [3.8, 4) is 11.5 Å². The summed E-state index contributed by atoms with van der Waals surface area (Å²) in [6.07, 6.45) is -9.33. The Morgan fingerprint density at radius 3 is 1.43 bits per heavy atom. The van der Waals surface area contributed by atoms with Gasteiger partial charge in [0.1, 0.15) is 53.7 Å². The van der Waals surface area contributed by atoms with E-state index in [4.69, 9.17) is 75.8 Å². The monoisotopic (exact) mass is 1700 g/mol. The molecule has 3 N–H and O–H groups in total. The number of fused-ring (bicyclic) bond motifs is 6. The molecule has 0 spiro atoms. The molecule has 0 aromatic heterocycles. The average Bonchev–Trinajstić information content (AvgIpc) is 1.38. The number of rotatable bonds is 22. The molecule has 122 heavy (non-hydrogen) atoms. The number of aliphatic hydroxyl groups is 3. The van der Waals surface area contributed by atoms with Crippen molar-refractivity contribution in [1.82, 2.24) is 4.90 Å². The molecular weight excluding hydrogens is 1570 g/mol. The minimum atomic E-state index is -1.72. The zero-order valence-electron chi connectivity index (χ0n) is 74.7. The lowest BCUT2D eigenvalue weighted by atomic mass is 9.49. The first-order chi connectivity index (χ1) is 57.2. The number of ether oxygens (including phenoxy) is 16. The molecule has 3 aromatic carbocycles. The Hall–Kier alpha value is -8.09. The Bertz CT molecular complexity index is 4540. The Morgan fingerprint density at radius 2 is 1.05 bits per heavy atom. The highest BCUT2D eigenvalue weighted by atomic mass is 16.7. The first kappa shape index (κ1) is 91.6. The third-order valence-electron chi connectivity index (χ3n) is 28.7. The van der Waals surface area contributed by atoms with E-state index in [0.717, 1.165) is 5.57 Å². The molecule has 5 aliphatic heterocycles. The standard InChI is InChI=1S/C54H71NO15.C41H56O11/c1-15-40-65-38-25-39-54(27-63-39,69-31(6)56)43-45(68-47(57)32-19-17-16-18-20-32)53(51(10,11)60)26-37(29(4)41(53)30(5)44(66-40)52(38,43)12)64-48(58)42-35(23-28(2)3)55(49(59)70-50(7,8)9)46(67-42)34-22-21-33(61-13)24-36(34)62-14;1-11-30-49-28-18-29-41(20-47-29,52-25(7)42)33-35(51-36(44)26-15-13-12-14-16-26)40(38(8,9)46)19-27(48-37(45)32(43)22(4)17-21(2)3)23(5)31(40)24(6)34(50-30)39(28,33)10/h15-22,24,28,30,35,37-40,42-46,60H,1,23,25-27H2,2-14H3;11-16,21-22,24,27-30,32-35,43,46H,1,17-20H2,2-10H3/t30-,35?,37-,38-,39+,40?,42+,43-,44-,45-,46?,52+,53-,54-;22-,24-,27-,28-,29+,30?,32+,33-,34-,35-,39+,40-,41-/m00/s1. The van der Waals surface area contributed by atoms with Gasteiger partial charge in [0.25, 0.3) is 0 Å². The Morgan fingerprint density at radius 1 is 0.598 bits per heavy atom. The van der Waals surface area contributed by atoms with E-state index in [2.05, 4.69) is 13.2 Å². The number of amides is 1. The van der Waals surface area contributed by atoms with E-state index >= 15 is 4.79 Å². The van der Waals surface area contributed by atoms with Gasteiger partial charge in [0.05, 0.1) is 103 Å². The summed E-state index contributed by atoms with van der Waals surface area (Å²) in [4.78, 5) is 100. The number of methoxy groups -OCH3 is 2. The molecule has 0 bridgehead atoms. The lowest BCUT2D eigenvalue weighted by molar-refractivity contribution is -0.391. The molecular formula is C95H127NO26. The van der Waals surface area contributed by atoms with Crippen LogP contribution >= 0.6 is 0 Å². The Kier molecular flexibility index (Phi) is 25.3. The molecule has 27 heteroatoms. The van der Waals surface area contributed by atoms with Gasteiger partial charge in [-0.05, 0) is 164 Å². The maximum Gasteiger partial charge on any atom is 0.413 e. The summed E-state index contributed by atoms with van der Waals surface area (Å²) < 4.78 is 103. The van der Waals surface area contributed by atoms with Crippen LogP contribution in [0, 0.1) is 63.1 Å². The van der Waals surface area contributed by atoms with Gasteiger partial charge in [-0.1, -0.05) is 112 Å². The van der Waals surface area contributed by atoms with Crippen LogP contribution in [0.5, 0.6) is 11.5 Å². The van der Waals surface area contributed by atoms with Gasteiger partial charge < -0.3 is 91.1 Å². The summed E-state index contributed by atoms with van der Waals surface area (Å²) in [7, 11) is 3.03. The highest BCUT2D eigenvalue weighted by Crippen LogP contribution is 2.73. The normalized spacial score (nSPS) is 37.1. The number of nitrogens with zero attached hydrogens (tertiary/aromatic N) is 1. The molecule has 6 aliphatic carbocycles. The lowest BCUT2D eigenvalue weighted by Gasteiger charge is -2.67. The van der Waals surface area contributed by atoms with Gasteiger partial charge in [0.15, 0.2) is 42.2 Å². The largest absolute Gasteiger partial charge is 0.497 e. The van der Waals surface area contributed by atoms with Gasteiger partial charge in [-0.2, -0.15) is 0 Å².